The number of aliphatic hydroxyl groups excluding tert-OH is 1. The average molecular weight is 277 g/mol. The first-order valence-electron chi connectivity index (χ1n) is 7.23. The molecule has 1 heterocycles. The first-order valence-corrected chi connectivity index (χ1v) is 7.23. The Balaban J connectivity index is 1.97. The Morgan fingerprint density at radius 1 is 1.45 bits per heavy atom. The van der Waals surface area contributed by atoms with E-state index in [2.05, 4.69) is 5.32 Å². The van der Waals surface area contributed by atoms with Crippen LogP contribution in [0.5, 0.6) is 5.75 Å². The Hall–Kier alpha value is -1.55. The van der Waals surface area contributed by atoms with Gasteiger partial charge in [-0.05, 0) is 30.4 Å². The second-order valence-corrected chi connectivity index (χ2v) is 5.69. The molecule has 1 aromatic carbocycles. The van der Waals surface area contributed by atoms with Crippen molar-refractivity contribution in [2.45, 2.75) is 32.7 Å². The highest BCUT2D eigenvalue weighted by Gasteiger charge is 2.27. The molecule has 1 amide bonds. The molecule has 1 aromatic rings. The lowest BCUT2D eigenvalue weighted by Gasteiger charge is -2.28. The fraction of sp³-hybridized carbons (Fsp3) is 0.562. The molecule has 0 spiro atoms. The van der Waals surface area contributed by atoms with Crippen LogP contribution in [-0.4, -0.2) is 30.3 Å². The highest BCUT2D eigenvalue weighted by atomic mass is 16.5. The summed E-state index contributed by atoms with van der Waals surface area (Å²) in [7, 11) is 0. The number of hydrogen-bond acceptors (Lipinski definition) is 3. The maximum absolute atomic E-state index is 12.3. The second-order valence-electron chi connectivity index (χ2n) is 5.69. The maximum atomic E-state index is 12.3. The van der Waals surface area contributed by atoms with Crippen molar-refractivity contribution in [2.24, 2.45) is 11.8 Å². The van der Waals surface area contributed by atoms with Crippen LogP contribution >= 0.6 is 0 Å². The van der Waals surface area contributed by atoms with E-state index in [9.17, 15) is 4.79 Å². The van der Waals surface area contributed by atoms with Crippen LogP contribution in [0.25, 0.3) is 0 Å². The zero-order valence-electron chi connectivity index (χ0n) is 12.1. The standard InChI is InChI=1S/C16H23NO3/c1-11(2)14(7-8-18)17-16(19)13-9-12-5-3-4-6-15(12)20-10-13/h3-6,11,13-14,18H,7-10H2,1-2H3,(H,17,19). The lowest BCUT2D eigenvalue weighted by molar-refractivity contribution is -0.127. The molecule has 0 radical (unpaired) electrons. The summed E-state index contributed by atoms with van der Waals surface area (Å²) < 4.78 is 5.65. The molecular formula is C16H23NO3. The predicted molar refractivity (Wildman–Crippen MR) is 77.6 cm³/mol. The van der Waals surface area contributed by atoms with E-state index in [4.69, 9.17) is 9.84 Å². The molecule has 2 atom stereocenters. The van der Waals surface area contributed by atoms with Crippen molar-refractivity contribution in [2.75, 3.05) is 13.2 Å². The predicted octanol–water partition coefficient (Wildman–Crippen LogP) is 1.76. The number of nitrogens with one attached hydrogen (secondary N) is 1. The van der Waals surface area contributed by atoms with Gasteiger partial charge in [0.2, 0.25) is 5.91 Å². The van der Waals surface area contributed by atoms with Gasteiger partial charge in [-0.2, -0.15) is 0 Å². The SMILES string of the molecule is CC(C)C(CCO)NC(=O)C1COc2ccccc2C1. The molecule has 110 valence electrons. The second kappa shape index (κ2) is 6.75. The van der Waals surface area contributed by atoms with Gasteiger partial charge in [0.05, 0.1) is 5.92 Å². The lowest BCUT2D eigenvalue weighted by atomic mass is 9.94. The van der Waals surface area contributed by atoms with E-state index < -0.39 is 0 Å². The lowest BCUT2D eigenvalue weighted by Crippen LogP contribution is -2.45. The number of fused-ring (bicyclic) bond motifs is 1. The summed E-state index contributed by atoms with van der Waals surface area (Å²) in [6.07, 6.45) is 1.31. The van der Waals surface area contributed by atoms with Crippen molar-refractivity contribution in [3.63, 3.8) is 0 Å². The summed E-state index contributed by atoms with van der Waals surface area (Å²) in [5, 5.41) is 12.1. The molecule has 4 nitrogen and oxygen atoms in total. The van der Waals surface area contributed by atoms with Gasteiger partial charge >= 0.3 is 0 Å². The van der Waals surface area contributed by atoms with Crippen molar-refractivity contribution in [3.05, 3.63) is 29.8 Å². The minimum Gasteiger partial charge on any atom is -0.492 e. The van der Waals surface area contributed by atoms with Gasteiger partial charge in [-0.3, -0.25) is 4.79 Å². The van der Waals surface area contributed by atoms with Gasteiger partial charge in [0.1, 0.15) is 12.4 Å². The highest BCUT2D eigenvalue weighted by molar-refractivity contribution is 5.80. The summed E-state index contributed by atoms with van der Waals surface area (Å²) in [6, 6.07) is 7.86. The molecular weight excluding hydrogens is 254 g/mol. The molecule has 20 heavy (non-hydrogen) atoms. The Labute approximate surface area is 120 Å². The van der Waals surface area contributed by atoms with Crippen LogP contribution in [0.1, 0.15) is 25.8 Å². The number of ether oxygens (including phenoxy) is 1. The van der Waals surface area contributed by atoms with Gasteiger partial charge in [0.15, 0.2) is 0 Å². The van der Waals surface area contributed by atoms with Crippen LogP contribution in [0.4, 0.5) is 0 Å². The molecule has 0 fully saturated rings. The normalized spacial score (nSPS) is 19.1. The summed E-state index contributed by atoms with van der Waals surface area (Å²) in [6.45, 7) is 4.61. The van der Waals surface area contributed by atoms with Crippen LogP contribution in [0.2, 0.25) is 0 Å². The Kier molecular flexibility index (Phi) is 5.01. The van der Waals surface area contributed by atoms with E-state index in [-0.39, 0.29) is 24.5 Å². The first-order chi connectivity index (χ1) is 9.61. The number of benzene rings is 1. The summed E-state index contributed by atoms with van der Waals surface area (Å²) in [4.78, 5) is 12.3. The molecule has 4 heteroatoms. The van der Waals surface area contributed by atoms with E-state index in [1.165, 1.54) is 0 Å². The summed E-state index contributed by atoms with van der Waals surface area (Å²) in [5.74, 6) is 1.06. The van der Waals surface area contributed by atoms with Crippen molar-refractivity contribution >= 4 is 5.91 Å². The van der Waals surface area contributed by atoms with Crippen LogP contribution < -0.4 is 10.1 Å². The van der Waals surface area contributed by atoms with Gasteiger partial charge in [-0.25, -0.2) is 0 Å². The number of amides is 1. The molecule has 0 bridgehead atoms. The van der Waals surface area contributed by atoms with E-state index in [1.54, 1.807) is 0 Å². The number of rotatable bonds is 5. The Morgan fingerprint density at radius 2 is 2.20 bits per heavy atom. The molecule has 0 aromatic heterocycles. The number of para-hydroxylation sites is 1. The van der Waals surface area contributed by atoms with Crippen molar-refractivity contribution in [1.82, 2.24) is 5.32 Å². The molecule has 2 rings (SSSR count). The molecule has 2 N–H and O–H groups in total. The molecule has 1 aliphatic heterocycles. The molecule has 2 unspecified atom stereocenters. The van der Waals surface area contributed by atoms with Crippen molar-refractivity contribution in [1.29, 1.82) is 0 Å². The smallest absolute Gasteiger partial charge is 0.227 e. The fourth-order valence-electron chi connectivity index (χ4n) is 2.51. The molecule has 1 aliphatic rings. The number of carbonyl (C=O) groups is 1. The summed E-state index contributed by atoms with van der Waals surface area (Å²) in [5.41, 5.74) is 1.09. The number of carbonyl (C=O) groups excluding carboxylic acids is 1. The average Bonchev–Trinajstić information content (AvgIpc) is 2.46. The zero-order valence-corrected chi connectivity index (χ0v) is 12.1. The van der Waals surface area contributed by atoms with Crippen LogP contribution in [-0.2, 0) is 11.2 Å². The topological polar surface area (TPSA) is 58.6 Å². The summed E-state index contributed by atoms with van der Waals surface area (Å²) >= 11 is 0. The minimum atomic E-state index is -0.148. The molecule has 0 saturated heterocycles. The third-order valence-corrected chi connectivity index (χ3v) is 3.82. The van der Waals surface area contributed by atoms with Crippen LogP contribution in [0.15, 0.2) is 24.3 Å². The first kappa shape index (κ1) is 14.9. The Morgan fingerprint density at radius 3 is 2.90 bits per heavy atom. The van der Waals surface area contributed by atoms with Crippen molar-refractivity contribution in [3.8, 4) is 5.75 Å². The zero-order chi connectivity index (χ0) is 14.5. The Bertz CT molecular complexity index is 459. The van der Waals surface area contributed by atoms with Gasteiger partial charge in [0.25, 0.3) is 0 Å². The molecule has 0 aliphatic carbocycles. The van der Waals surface area contributed by atoms with Crippen LogP contribution in [0.3, 0.4) is 0 Å². The van der Waals surface area contributed by atoms with E-state index in [0.29, 0.717) is 25.4 Å². The fourth-order valence-corrected chi connectivity index (χ4v) is 2.51. The van der Waals surface area contributed by atoms with Gasteiger partial charge in [0, 0.05) is 12.6 Å². The number of hydrogen-bond donors (Lipinski definition) is 2. The third kappa shape index (κ3) is 3.51. The maximum Gasteiger partial charge on any atom is 0.227 e. The third-order valence-electron chi connectivity index (χ3n) is 3.82. The van der Waals surface area contributed by atoms with Gasteiger partial charge < -0.3 is 15.2 Å². The largest absolute Gasteiger partial charge is 0.492 e. The van der Waals surface area contributed by atoms with Gasteiger partial charge in [-0.15, -0.1) is 0 Å². The molecule has 0 saturated carbocycles. The quantitative estimate of drug-likeness (QED) is 0.862. The highest BCUT2D eigenvalue weighted by Crippen LogP contribution is 2.27. The van der Waals surface area contributed by atoms with Crippen molar-refractivity contribution < 1.29 is 14.6 Å². The van der Waals surface area contributed by atoms with E-state index >= 15 is 0 Å². The van der Waals surface area contributed by atoms with Crippen LogP contribution in [0, 0.1) is 11.8 Å². The van der Waals surface area contributed by atoms with Gasteiger partial charge in [-0.1, -0.05) is 32.0 Å². The monoisotopic (exact) mass is 277 g/mol. The van der Waals surface area contributed by atoms with E-state index in [1.807, 2.05) is 38.1 Å². The minimum absolute atomic E-state index is 0.0182. The number of aliphatic hydroxyl groups is 1. The van der Waals surface area contributed by atoms with E-state index in [0.717, 1.165) is 11.3 Å².